The van der Waals surface area contributed by atoms with Crippen molar-refractivity contribution >= 4 is 0 Å². The third-order valence-corrected chi connectivity index (χ3v) is 0.576. The van der Waals surface area contributed by atoms with Gasteiger partial charge in [0.25, 0.3) is 0 Å². The van der Waals surface area contributed by atoms with Crippen molar-refractivity contribution in [1.29, 1.82) is 0 Å². The zero-order valence-corrected chi connectivity index (χ0v) is 4.55. The molecule has 0 saturated heterocycles. The van der Waals surface area contributed by atoms with Crippen LogP contribution in [0.5, 0.6) is 0 Å². The molecule has 7 heavy (non-hydrogen) atoms. The van der Waals surface area contributed by atoms with Gasteiger partial charge in [-0.3, -0.25) is 0 Å². The molecule has 0 unspecified atom stereocenters. The fourth-order valence-electron chi connectivity index (χ4n) is 0.282. The normalized spacial score (nSPS) is 7.57. The first-order chi connectivity index (χ1) is 2.89. The molecule has 1 rings (SSSR count). The van der Waals surface area contributed by atoms with E-state index in [1.54, 1.807) is 12.5 Å². The van der Waals surface area contributed by atoms with E-state index < -0.39 is 0 Å². The summed E-state index contributed by atoms with van der Waals surface area (Å²) in [4.78, 5) is 3.66. The zero-order chi connectivity index (χ0) is 4.41. The molecule has 0 saturated carbocycles. The summed E-state index contributed by atoms with van der Waals surface area (Å²) >= 11 is 0. The van der Waals surface area contributed by atoms with Crippen molar-refractivity contribution < 1.29 is 18.9 Å². The Kier molecular flexibility index (Phi) is 2.82. The molecule has 0 spiro atoms. The Balaban J connectivity index is 0.000000360. The fourth-order valence-corrected chi connectivity index (χ4v) is 0.282. The maximum Gasteiger partial charge on any atom is 1.00 e. The van der Waals surface area contributed by atoms with Gasteiger partial charge in [-0.05, 0) is 7.05 Å². The summed E-state index contributed by atoms with van der Waals surface area (Å²) < 4.78 is 1.83. The molecule has 1 aromatic rings. The molecule has 0 amide bonds. The molecule has 0 radical (unpaired) electrons. The summed E-state index contributed by atoms with van der Waals surface area (Å²) in [5.74, 6) is 0. The molecule has 2 nitrogen and oxygen atoms in total. The summed E-state index contributed by atoms with van der Waals surface area (Å²) in [6.07, 6.45) is 6.10. The summed E-state index contributed by atoms with van der Waals surface area (Å²) in [5.41, 5.74) is 0. The predicted molar refractivity (Wildman–Crippen MR) is 22.0 cm³/mol. The second-order valence-electron chi connectivity index (χ2n) is 1.17. The van der Waals surface area contributed by atoms with Crippen molar-refractivity contribution in [3.63, 3.8) is 0 Å². The second kappa shape index (κ2) is 2.90. The predicted octanol–water partition coefficient (Wildman–Crippen LogP) is -2.78. The van der Waals surface area contributed by atoms with Crippen molar-refractivity contribution in [1.82, 2.24) is 9.55 Å². The zero-order valence-electron chi connectivity index (χ0n) is 4.55. The van der Waals surface area contributed by atoms with E-state index in [4.69, 9.17) is 0 Å². The number of hydrogen-bond donors (Lipinski definition) is 0. The Hall–Kier alpha value is -0.193. The van der Waals surface area contributed by atoms with Crippen LogP contribution in [0.15, 0.2) is 12.5 Å². The number of imidazole rings is 1. The Morgan fingerprint density at radius 1 is 1.71 bits per heavy atom. The SMILES string of the molecule is Cn1c[c-]nc1.[Li+]. The Morgan fingerprint density at radius 2 is 2.43 bits per heavy atom. The van der Waals surface area contributed by atoms with Crippen molar-refractivity contribution in [2.24, 2.45) is 7.05 Å². The molecule has 0 aliphatic heterocycles. The van der Waals surface area contributed by atoms with Crippen LogP contribution >= 0.6 is 0 Å². The molecule has 1 heterocycles. The second-order valence-corrected chi connectivity index (χ2v) is 1.17. The number of hydrogen-bond acceptors (Lipinski definition) is 1. The first kappa shape index (κ1) is 6.81. The van der Waals surface area contributed by atoms with Crippen LogP contribution in [0.4, 0.5) is 0 Å². The minimum Gasteiger partial charge on any atom is -0.442 e. The number of nitrogens with zero attached hydrogens (tertiary/aromatic N) is 2. The molecule has 0 fully saturated rings. The van der Waals surface area contributed by atoms with Gasteiger partial charge in [-0.2, -0.15) is 0 Å². The summed E-state index contributed by atoms with van der Waals surface area (Å²) in [7, 11) is 1.91. The molecular weight excluding hydrogens is 83.0 g/mol. The van der Waals surface area contributed by atoms with Gasteiger partial charge in [0.1, 0.15) is 0 Å². The topological polar surface area (TPSA) is 17.8 Å². The van der Waals surface area contributed by atoms with Crippen LogP contribution in [0.2, 0.25) is 0 Å². The molecule has 32 valence electrons. The fraction of sp³-hybridized carbons (Fsp3) is 0.250. The van der Waals surface area contributed by atoms with Gasteiger partial charge < -0.3 is 9.55 Å². The maximum atomic E-state index is 3.66. The van der Waals surface area contributed by atoms with E-state index in [0.29, 0.717) is 0 Å². The third-order valence-electron chi connectivity index (χ3n) is 0.576. The van der Waals surface area contributed by atoms with E-state index in [9.17, 15) is 0 Å². The van der Waals surface area contributed by atoms with Gasteiger partial charge in [0.05, 0.1) is 0 Å². The van der Waals surface area contributed by atoms with Gasteiger partial charge in [-0.25, -0.2) is 0 Å². The minimum atomic E-state index is 0. The van der Waals surface area contributed by atoms with E-state index >= 15 is 0 Å². The van der Waals surface area contributed by atoms with Gasteiger partial charge in [0, 0.05) is 0 Å². The number of aromatic nitrogens is 2. The summed E-state index contributed by atoms with van der Waals surface area (Å²) in [6.45, 7) is 0. The van der Waals surface area contributed by atoms with E-state index in [1.165, 1.54) is 0 Å². The van der Waals surface area contributed by atoms with Crippen LogP contribution in [0.25, 0.3) is 0 Å². The van der Waals surface area contributed by atoms with Gasteiger partial charge >= 0.3 is 18.9 Å². The van der Waals surface area contributed by atoms with E-state index in [2.05, 4.69) is 11.2 Å². The summed E-state index contributed by atoms with van der Waals surface area (Å²) in [6, 6.07) is 0. The van der Waals surface area contributed by atoms with Crippen LogP contribution in [0.1, 0.15) is 0 Å². The monoisotopic (exact) mass is 88.1 g/mol. The molecule has 0 N–H and O–H groups in total. The van der Waals surface area contributed by atoms with Crippen LogP contribution in [0.3, 0.4) is 0 Å². The van der Waals surface area contributed by atoms with E-state index in [0.717, 1.165) is 0 Å². The van der Waals surface area contributed by atoms with Crippen molar-refractivity contribution in [2.75, 3.05) is 0 Å². The third kappa shape index (κ3) is 1.82. The maximum absolute atomic E-state index is 3.66. The number of rotatable bonds is 0. The van der Waals surface area contributed by atoms with Crippen LogP contribution in [0, 0.1) is 6.20 Å². The Labute approximate surface area is 54.7 Å². The average molecular weight is 88.0 g/mol. The molecule has 0 aromatic carbocycles. The van der Waals surface area contributed by atoms with Crippen molar-refractivity contribution in [2.45, 2.75) is 0 Å². The van der Waals surface area contributed by atoms with Gasteiger partial charge in [0.15, 0.2) is 0 Å². The van der Waals surface area contributed by atoms with Crippen molar-refractivity contribution in [3.8, 4) is 0 Å². The van der Waals surface area contributed by atoms with Crippen LogP contribution in [-0.2, 0) is 7.05 Å². The quantitative estimate of drug-likeness (QED) is 0.248. The van der Waals surface area contributed by atoms with Gasteiger partial charge in [-0.15, -0.1) is 6.20 Å². The first-order valence-electron chi connectivity index (χ1n) is 1.73. The van der Waals surface area contributed by atoms with E-state index in [1.807, 2.05) is 11.6 Å². The van der Waals surface area contributed by atoms with Gasteiger partial charge in [0.2, 0.25) is 0 Å². The van der Waals surface area contributed by atoms with Crippen molar-refractivity contribution in [3.05, 3.63) is 18.7 Å². The van der Waals surface area contributed by atoms with Crippen LogP contribution in [-0.4, -0.2) is 9.55 Å². The minimum absolute atomic E-state index is 0. The standard InChI is InChI=1S/C4H5N2.Li/c1-6-3-2-5-4-6;/h3-4H,1H3;/q-1;+1. The smallest absolute Gasteiger partial charge is 0.442 e. The molecule has 0 aliphatic rings. The number of aryl methyl sites for hydroxylation is 1. The molecule has 0 atom stereocenters. The molecule has 1 aromatic heterocycles. The first-order valence-corrected chi connectivity index (χ1v) is 1.73. The van der Waals surface area contributed by atoms with Gasteiger partial charge in [-0.1, -0.05) is 12.5 Å². The summed E-state index contributed by atoms with van der Waals surface area (Å²) in [5, 5.41) is 0. The van der Waals surface area contributed by atoms with E-state index in [-0.39, 0.29) is 18.9 Å². The Morgan fingerprint density at radius 3 is 2.57 bits per heavy atom. The van der Waals surface area contributed by atoms with Crippen LogP contribution < -0.4 is 18.9 Å². The Bertz CT molecular complexity index is 113. The average Bonchev–Trinajstić information content (AvgIpc) is 1.86. The molecule has 3 heteroatoms. The largest absolute Gasteiger partial charge is 1.00 e. The molecule has 0 aliphatic carbocycles. The molecular formula is C4H5LiN2. The molecule has 0 bridgehead atoms.